The summed E-state index contributed by atoms with van der Waals surface area (Å²) in [6, 6.07) is -1.14. The summed E-state index contributed by atoms with van der Waals surface area (Å²) in [4.78, 5) is 71.8. The maximum Gasteiger partial charge on any atom is 0.329 e. The smallest absolute Gasteiger partial charge is 0.329 e. The lowest BCUT2D eigenvalue weighted by Gasteiger charge is -2.42. The van der Waals surface area contributed by atoms with Crippen molar-refractivity contribution in [1.82, 2.24) is 4.90 Å². The van der Waals surface area contributed by atoms with Crippen LogP contribution in [0.2, 0.25) is 0 Å². The van der Waals surface area contributed by atoms with E-state index in [0.29, 0.717) is 63.4 Å². The van der Waals surface area contributed by atoms with Gasteiger partial charge in [0.05, 0.1) is 24.4 Å². The Kier molecular flexibility index (Phi) is 22.8. The molecule has 0 spiro atoms. The number of cyclic esters (lactones) is 1. The Morgan fingerprint density at radius 2 is 1.56 bits per heavy atom. The largest absolute Gasteiger partial charge is 0.460 e. The van der Waals surface area contributed by atoms with Crippen LogP contribution in [-0.2, 0) is 47.7 Å². The molecular weight excluding hydrogens is 847 g/mol. The molecule has 2 saturated heterocycles. The van der Waals surface area contributed by atoms with Crippen LogP contribution >= 0.6 is 0 Å². The third kappa shape index (κ3) is 14.8. The fourth-order valence-corrected chi connectivity index (χ4v) is 10.1. The number of hydrogen-bond donors (Lipinski definition) is 3. The number of allylic oxidation sites excluding steroid dienone is 6. The zero-order valence-corrected chi connectivity index (χ0v) is 40.6. The van der Waals surface area contributed by atoms with E-state index in [-0.39, 0.29) is 62.2 Å². The third-order valence-corrected chi connectivity index (χ3v) is 14.5. The van der Waals surface area contributed by atoms with Gasteiger partial charge in [-0.1, -0.05) is 78.5 Å². The van der Waals surface area contributed by atoms with Gasteiger partial charge in [-0.25, -0.2) is 4.79 Å². The summed E-state index contributed by atoms with van der Waals surface area (Å²) in [5, 5.41) is 33.8. The molecule has 2 bridgehead atoms. The molecule has 3 fully saturated rings. The average Bonchev–Trinajstić information content (AvgIpc) is 3.28. The Balaban J connectivity index is 0.0000116. The van der Waals surface area contributed by atoms with Gasteiger partial charge in [0.2, 0.25) is 5.79 Å². The first-order valence-electron chi connectivity index (χ1n) is 23.9. The van der Waals surface area contributed by atoms with Crippen molar-refractivity contribution < 1.29 is 63.0 Å². The molecule has 4 rings (SSSR count). The molecule has 14 nitrogen and oxygen atoms in total. The second-order valence-corrected chi connectivity index (χ2v) is 19.6. The van der Waals surface area contributed by atoms with Gasteiger partial charge < -0.3 is 43.9 Å². The van der Waals surface area contributed by atoms with E-state index < -0.39 is 83.9 Å². The number of ether oxygens (including phenoxy) is 5. The van der Waals surface area contributed by atoms with Crippen LogP contribution in [0, 0.1) is 35.5 Å². The molecule has 1 amide bonds. The van der Waals surface area contributed by atoms with E-state index in [1.54, 1.807) is 41.1 Å². The van der Waals surface area contributed by atoms with Crippen molar-refractivity contribution >= 4 is 29.2 Å². The van der Waals surface area contributed by atoms with Crippen LogP contribution in [-0.4, -0.2) is 132 Å². The van der Waals surface area contributed by atoms with E-state index in [9.17, 15) is 39.3 Å². The Labute approximate surface area is 394 Å². The second kappa shape index (κ2) is 26.4. The van der Waals surface area contributed by atoms with Gasteiger partial charge in [-0.2, -0.15) is 0 Å². The van der Waals surface area contributed by atoms with Gasteiger partial charge in [0.1, 0.15) is 30.1 Å². The van der Waals surface area contributed by atoms with Crippen LogP contribution in [0.1, 0.15) is 133 Å². The molecular formula is C52H83NO13. The standard InChI is InChI=1S/C51H79NO13.CH4/c1-30-16-12-11-13-17-31(2)42(61-8)28-38-21-19-36(7)51(60,65-38)48(57)49(58)52-23-15-14-18-39(52)50(59)64-43(33(4)26-37-20-22-40(53)44(27-37)62-9)29-41(54)32(3)25-35(6)46(56)47(63-10)45(55)34(5)24-30;/h11-13,16-17,25,30,32-34,36-40,42-44,46-47,53,56,60H,14-15,18-24,26-29H2,1-10H3;1H4/b13-11?,16-12+,31-17?,35-25+;/t30-,32-,33-,34-,36-,37+,38+,39+,40-,42+,43+,44-,46-,47+,51-;/m1./s1. The first-order valence-corrected chi connectivity index (χ1v) is 23.9. The maximum atomic E-state index is 14.4. The molecule has 0 aromatic rings. The van der Waals surface area contributed by atoms with Crippen LogP contribution in [0.4, 0.5) is 0 Å². The number of ketones is 3. The number of rotatable bonds is 6. The molecule has 14 heteroatoms. The van der Waals surface area contributed by atoms with E-state index in [4.69, 9.17) is 23.7 Å². The average molecular weight is 930 g/mol. The summed E-state index contributed by atoms with van der Waals surface area (Å²) in [7, 11) is 4.52. The fourth-order valence-electron chi connectivity index (χ4n) is 10.1. The Hall–Kier alpha value is -3.37. The minimum atomic E-state index is -2.43. The van der Waals surface area contributed by atoms with E-state index in [0.717, 1.165) is 12.0 Å². The number of carbonyl (C=O) groups is 5. The fraction of sp³-hybridized carbons (Fsp3) is 0.750. The first kappa shape index (κ1) is 57.0. The van der Waals surface area contributed by atoms with Crippen molar-refractivity contribution in [3.63, 3.8) is 0 Å². The number of nitrogens with zero attached hydrogens (tertiary/aromatic N) is 1. The quantitative estimate of drug-likeness (QED) is 0.143. The minimum absolute atomic E-state index is 0. The Morgan fingerprint density at radius 1 is 0.848 bits per heavy atom. The lowest BCUT2D eigenvalue weighted by atomic mass is 9.78. The number of aliphatic hydroxyl groups is 3. The number of hydrogen-bond acceptors (Lipinski definition) is 13. The molecule has 0 unspecified atom stereocenters. The van der Waals surface area contributed by atoms with E-state index >= 15 is 0 Å². The molecule has 3 N–H and O–H groups in total. The molecule has 66 heavy (non-hydrogen) atoms. The molecule has 0 aromatic carbocycles. The molecule has 15 atom stereocenters. The highest BCUT2D eigenvalue weighted by atomic mass is 16.6. The summed E-state index contributed by atoms with van der Waals surface area (Å²) >= 11 is 0. The molecule has 1 saturated carbocycles. The topological polar surface area (TPSA) is 195 Å². The molecule has 3 heterocycles. The van der Waals surface area contributed by atoms with Gasteiger partial charge in [0.15, 0.2) is 5.78 Å². The maximum absolute atomic E-state index is 14.4. The van der Waals surface area contributed by atoms with Crippen molar-refractivity contribution in [3.8, 4) is 0 Å². The summed E-state index contributed by atoms with van der Waals surface area (Å²) < 4.78 is 29.4. The summed E-state index contributed by atoms with van der Waals surface area (Å²) in [5.74, 6) is -7.96. The number of fused-ring (bicyclic) bond motifs is 3. The minimum Gasteiger partial charge on any atom is -0.460 e. The van der Waals surface area contributed by atoms with E-state index in [2.05, 4.69) is 0 Å². The lowest BCUT2D eigenvalue weighted by molar-refractivity contribution is -0.265. The number of piperidine rings is 1. The highest BCUT2D eigenvalue weighted by molar-refractivity contribution is 6.39. The second-order valence-electron chi connectivity index (χ2n) is 19.6. The van der Waals surface area contributed by atoms with Crippen LogP contribution in [0.3, 0.4) is 0 Å². The predicted octanol–water partition coefficient (Wildman–Crippen LogP) is 6.82. The summed E-state index contributed by atoms with van der Waals surface area (Å²) in [6.45, 7) is 12.7. The zero-order valence-electron chi connectivity index (χ0n) is 40.6. The Bertz CT molecular complexity index is 1760. The molecule has 3 aliphatic heterocycles. The van der Waals surface area contributed by atoms with E-state index in [1.165, 1.54) is 12.0 Å². The highest BCUT2D eigenvalue weighted by Crippen LogP contribution is 2.38. The number of amides is 1. The van der Waals surface area contributed by atoms with Crippen molar-refractivity contribution in [3.05, 3.63) is 47.6 Å². The summed E-state index contributed by atoms with van der Waals surface area (Å²) in [5.41, 5.74) is 1.27. The molecule has 0 aromatic heterocycles. The SMILES string of the molecule is C.CO[C@H]1C[C@@H]2CC[C@@H](C)[C@@](O)(O2)C(=O)C(=O)N2CCCC[C@H]2C(=O)O[C@H]([C@H](C)C[C@@H]2CC[C@@H](O)[C@H](OC)C2)CC(=O)[C@H](C)/C=C(\C)[C@@H](O)[C@@H](OC)C(=O)[C@H](C)C[C@H](C)/C=C/C=CC=C1C. The van der Waals surface area contributed by atoms with Gasteiger partial charge in [0, 0.05) is 58.5 Å². The van der Waals surface area contributed by atoms with Gasteiger partial charge in [-0.15, -0.1) is 0 Å². The zero-order chi connectivity index (χ0) is 48.2. The monoisotopic (exact) mass is 930 g/mol. The number of aliphatic hydroxyl groups excluding tert-OH is 2. The molecule has 4 aliphatic rings. The predicted molar refractivity (Wildman–Crippen MR) is 252 cm³/mol. The number of Topliss-reactive ketones (excluding diaryl/α,β-unsaturated/α-hetero) is 3. The van der Waals surface area contributed by atoms with Gasteiger partial charge in [0.25, 0.3) is 11.7 Å². The van der Waals surface area contributed by atoms with Gasteiger partial charge >= 0.3 is 5.97 Å². The van der Waals surface area contributed by atoms with Crippen molar-refractivity contribution in [1.29, 1.82) is 0 Å². The Morgan fingerprint density at radius 3 is 2.23 bits per heavy atom. The van der Waals surface area contributed by atoms with Gasteiger partial charge in [-0.3, -0.25) is 19.2 Å². The number of methoxy groups -OCH3 is 3. The molecule has 374 valence electrons. The lowest BCUT2D eigenvalue weighted by Crippen LogP contribution is -2.61. The van der Waals surface area contributed by atoms with Gasteiger partial charge in [-0.05, 0) is 107 Å². The molecule has 0 radical (unpaired) electrons. The number of esters is 1. The van der Waals surface area contributed by atoms with Crippen molar-refractivity contribution in [2.75, 3.05) is 27.9 Å². The summed E-state index contributed by atoms with van der Waals surface area (Å²) in [6.07, 6.45) is 11.2. The van der Waals surface area contributed by atoms with E-state index in [1.807, 2.05) is 58.1 Å². The van der Waals surface area contributed by atoms with Crippen LogP contribution in [0.15, 0.2) is 47.6 Å². The van der Waals surface area contributed by atoms with Crippen LogP contribution < -0.4 is 0 Å². The number of carbonyl (C=O) groups excluding carboxylic acids is 5. The van der Waals surface area contributed by atoms with Crippen molar-refractivity contribution in [2.45, 2.75) is 187 Å². The van der Waals surface area contributed by atoms with Crippen LogP contribution in [0.25, 0.3) is 0 Å². The third-order valence-electron chi connectivity index (χ3n) is 14.5. The first-order chi connectivity index (χ1) is 30.7. The normalized spacial score (nSPS) is 38.5. The molecule has 1 aliphatic carbocycles. The van der Waals surface area contributed by atoms with Crippen LogP contribution in [0.5, 0.6) is 0 Å². The highest BCUT2D eigenvalue weighted by Gasteiger charge is 2.53. The van der Waals surface area contributed by atoms with Crippen molar-refractivity contribution in [2.24, 2.45) is 35.5 Å².